The molecule has 0 aliphatic rings. The SMILES string of the molecule is CCCc1ccccc1NC(=O)c1cncc(NCC)n1. The molecule has 2 aromatic rings. The second-order valence-corrected chi connectivity index (χ2v) is 4.68. The largest absolute Gasteiger partial charge is 0.369 e. The minimum absolute atomic E-state index is 0.245. The molecule has 2 rings (SSSR count). The molecule has 1 amide bonds. The lowest BCUT2D eigenvalue weighted by molar-refractivity contribution is 0.102. The van der Waals surface area contributed by atoms with Crippen LogP contribution in [0, 0.1) is 0 Å². The van der Waals surface area contributed by atoms with Gasteiger partial charge in [0.1, 0.15) is 11.5 Å². The first-order valence-corrected chi connectivity index (χ1v) is 7.19. The molecule has 5 heteroatoms. The van der Waals surface area contributed by atoms with Gasteiger partial charge in [-0.1, -0.05) is 31.5 Å². The van der Waals surface area contributed by atoms with Gasteiger partial charge < -0.3 is 10.6 Å². The van der Waals surface area contributed by atoms with Crippen molar-refractivity contribution in [2.75, 3.05) is 17.2 Å². The lowest BCUT2D eigenvalue weighted by Crippen LogP contribution is -2.16. The molecule has 0 radical (unpaired) electrons. The molecule has 1 aromatic heterocycles. The Balaban J connectivity index is 2.16. The van der Waals surface area contributed by atoms with Crippen molar-refractivity contribution < 1.29 is 4.79 Å². The molecule has 0 spiro atoms. The van der Waals surface area contributed by atoms with Gasteiger partial charge in [-0.2, -0.15) is 0 Å². The van der Waals surface area contributed by atoms with Gasteiger partial charge >= 0.3 is 0 Å². The summed E-state index contributed by atoms with van der Waals surface area (Å²) in [4.78, 5) is 20.6. The average molecular weight is 284 g/mol. The summed E-state index contributed by atoms with van der Waals surface area (Å²) in [5.74, 6) is 0.359. The van der Waals surface area contributed by atoms with Crippen molar-refractivity contribution >= 4 is 17.4 Å². The Kier molecular flexibility index (Phi) is 5.26. The van der Waals surface area contributed by atoms with Gasteiger partial charge in [0.25, 0.3) is 5.91 Å². The van der Waals surface area contributed by atoms with Crippen LogP contribution >= 0.6 is 0 Å². The Morgan fingerprint density at radius 3 is 2.76 bits per heavy atom. The van der Waals surface area contributed by atoms with Gasteiger partial charge in [0, 0.05) is 12.2 Å². The lowest BCUT2D eigenvalue weighted by Gasteiger charge is -2.10. The van der Waals surface area contributed by atoms with Crippen LogP contribution in [0.1, 0.15) is 36.3 Å². The van der Waals surface area contributed by atoms with Crippen LogP contribution in [-0.4, -0.2) is 22.4 Å². The molecule has 21 heavy (non-hydrogen) atoms. The van der Waals surface area contributed by atoms with Crippen LogP contribution in [0.3, 0.4) is 0 Å². The molecule has 0 aliphatic carbocycles. The summed E-state index contributed by atoms with van der Waals surface area (Å²) in [7, 11) is 0. The maximum Gasteiger partial charge on any atom is 0.275 e. The first-order valence-electron chi connectivity index (χ1n) is 7.19. The Hall–Kier alpha value is -2.43. The summed E-state index contributed by atoms with van der Waals surface area (Å²) in [6, 6.07) is 7.83. The molecule has 1 heterocycles. The number of amides is 1. The molecule has 0 bridgehead atoms. The van der Waals surface area contributed by atoms with Crippen LogP contribution in [0.25, 0.3) is 0 Å². The molecular weight excluding hydrogens is 264 g/mol. The minimum Gasteiger partial charge on any atom is -0.369 e. The topological polar surface area (TPSA) is 66.9 Å². The summed E-state index contributed by atoms with van der Waals surface area (Å²) < 4.78 is 0. The highest BCUT2D eigenvalue weighted by Crippen LogP contribution is 2.17. The van der Waals surface area contributed by atoms with E-state index in [1.54, 1.807) is 6.20 Å². The normalized spacial score (nSPS) is 10.2. The van der Waals surface area contributed by atoms with Crippen LogP contribution in [0.4, 0.5) is 11.5 Å². The predicted octanol–water partition coefficient (Wildman–Crippen LogP) is 3.11. The first kappa shape index (κ1) is 15.0. The standard InChI is InChI=1S/C16H20N4O/c1-3-7-12-8-5-6-9-13(12)20-16(21)14-10-17-11-15(19-14)18-4-2/h5-6,8-11H,3-4,7H2,1-2H3,(H,18,19)(H,20,21). The molecule has 110 valence electrons. The second-order valence-electron chi connectivity index (χ2n) is 4.68. The third kappa shape index (κ3) is 4.02. The van der Waals surface area contributed by atoms with E-state index in [0.717, 1.165) is 30.6 Å². The Morgan fingerprint density at radius 1 is 1.19 bits per heavy atom. The summed E-state index contributed by atoms with van der Waals surface area (Å²) in [5.41, 5.74) is 2.27. The fourth-order valence-corrected chi connectivity index (χ4v) is 2.06. The Bertz CT molecular complexity index is 613. The zero-order chi connectivity index (χ0) is 15.1. The van der Waals surface area contributed by atoms with Crippen molar-refractivity contribution in [2.45, 2.75) is 26.7 Å². The number of aromatic nitrogens is 2. The monoisotopic (exact) mass is 284 g/mol. The highest BCUT2D eigenvalue weighted by Gasteiger charge is 2.11. The molecule has 2 N–H and O–H groups in total. The van der Waals surface area contributed by atoms with Gasteiger partial charge in [0.15, 0.2) is 0 Å². The maximum atomic E-state index is 12.3. The summed E-state index contributed by atoms with van der Waals surface area (Å²) in [6.07, 6.45) is 5.03. The number of carbonyl (C=O) groups excluding carboxylic acids is 1. The quantitative estimate of drug-likeness (QED) is 0.855. The number of carbonyl (C=O) groups is 1. The van der Waals surface area contributed by atoms with Crippen LogP contribution in [-0.2, 0) is 6.42 Å². The lowest BCUT2D eigenvalue weighted by atomic mass is 10.1. The highest BCUT2D eigenvalue weighted by molar-refractivity contribution is 6.03. The van der Waals surface area contributed by atoms with Crippen LogP contribution in [0.2, 0.25) is 0 Å². The number of hydrogen-bond acceptors (Lipinski definition) is 4. The molecule has 0 saturated heterocycles. The molecule has 1 aromatic carbocycles. The second kappa shape index (κ2) is 7.38. The van der Waals surface area contributed by atoms with Crippen molar-refractivity contribution in [1.29, 1.82) is 0 Å². The summed E-state index contributed by atoms with van der Waals surface area (Å²) in [6.45, 7) is 4.82. The van der Waals surface area contributed by atoms with E-state index in [1.807, 2.05) is 31.2 Å². The van der Waals surface area contributed by atoms with Gasteiger partial charge in [0.05, 0.1) is 12.4 Å². The Labute approximate surface area is 124 Å². The number of anilines is 2. The number of nitrogens with zero attached hydrogens (tertiary/aromatic N) is 2. The minimum atomic E-state index is -0.245. The van der Waals surface area contributed by atoms with Crippen molar-refractivity contribution in [3.63, 3.8) is 0 Å². The summed E-state index contributed by atoms with van der Waals surface area (Å²) >= 11 is 0. The van der Waals surface area contributed by atoms with Gasteiger partial charge in [-0.3, -0.25) is 9.78 Å². The van der Waals surface area contributed by atoms with Gasteiger partial charge in [-0.15, -0.1) is 0 Å². The van der Waals surface area contributed by atoms with E-state index >= 15 is 0 Å². The van der Waals surface area contributed by atoms with E-state index < -0.39 is 0 Å². The highest BCUT2D eigenvalue weighted by atomic mass is 16.1. The van der Waals surface area contributed by atoms with Crippen molar-refractivity contribution in [1.82, 2.24) is 9.97 Å². The molecule has 5 nitrogen and oxygen atoms in total. The van der Waals surface area contributed by atoms with Gasteiger partial charge in [0.2, 0.25) is 0 Å². The van der Waals surface area contributed by atoms with Crippen molar-refractivity contribution in [3.05, 3.63) is 47.9 Å². The van der Waals surface area contributed by atoms with E-state index in [2.05, 4.69) is 27.5 Å². The zero-order valence-corrected chi connectivity index (χ0v) is 12.4. The Morgan fingerprint density at radius 2 is 2.00 bits per heavy atom. The molecule has 0 aliphatic heterocycles. The fraction of sp³-hybridized carbons (Fsp3) is 0.312. The maximum absolute atomic E-state index is 12.3. The average Bonchev–Trinajstić information content (AvgIpc) is 2.50. The molecular formula is C16H20N4O. The molecule has 0 unspecified atom stereocenters. The smallest absolute Gasteiger partial charge is 0.275 e. The number of nitrogens with one attached hydrogen (secondary N) is 2. The number of benzene rings is 1. The summed E-state index contributed by atoms with van der Waals surface area (Å²) in [5, 5.41) is 5.96. The van der Waals surface area contributed by atoms with Crippen LogP contribution in [0.15, 0.2) is 36.7 Å². The predicted molar refractivity (Wildman–Crippen MR) is 84.6 cm³/mol. The van der Waals surface area contributed by atoms with Crippen LogP contribution < -0.4 is 10.6 Å². The third-order valence-electron chi connectivity index (χ3n) is 3.01. The number of hydrogen-bond donors (Lipinski definition) is 2. The zero-order valence-electron chi connectivity index (χ0n) is 12.4. The van der Waals surface area contributed by atoms with E-state index in [0.29, 0.717) is 11.5 Å². The molecule has 0 fully saturated rings. The number of para-hydroxylation sites is 1. The van der Waals surface area contributed by atoms with E-state index in [-0.39, 0.29) is 5.91 Å². The van der Waals surface area contributed by atoms with Gasteiger partial charge in [-0.05, 0) is 25.0 Å². The van der Waals surface area contributed by atoms with Gasteiger partial charge in [-0.25, -0.2) is 4.98 Å². The third-order valence-corrected chi connectivity index (χ3v) is 3.01. The molecule has 0 atom stereocenters. The van der Waals surface area contributed by atoms with Crippen LogP contribution in [0.5, 0.6) is 0 Å². The fourth-order valence-electron chi connectivity index (χ4n) is 2.06. The van der Waals surface area contributed by atoms with E-state index in [4.69, 9.17) is 0 Å². The van der Waals surface area contributed by atoms with E-state index in [9.17, 15) is 4.79 Å². The first-order chi connectivity index (χ1) is 10.2. The van der Waals surface area contributed by atoms with Crippen molar-refractivity contribution in [3.8, 4) is 0 Å². The number of rotatable bonds is 6. The van der Waals surface area contributed by atoms with E-state index in [1.165, 1.54) is 6.20 Å². The number of aryl methyl sites for hydroxylation is 1. The molecule has 0 saturated carbocycles. The van der Waals surface area contributed by atoms with Crippen molar-refractivity contribution in [2.24, 2.45) is 0 Å².